The predicted octanol–water partition coefficient (Wildman–Crippen LogP) is 3.83. The van der Waals surface area contributed by atoms with Crippen LogP contribution in [-0.2, 0) is 11.3 Å². The molecule has 1 amide bonds. The van der Waals surface area contributed by atoms with E-state index in [1.807, 2.05) is 30.3 Å². The van der Waals surface area contributed by atoms with Crippen LogP contribution in [0.4, 0.5) is 4.79 Å². The lowest BCUT2D eigenvalue weighted by Gasteiger charge is -2.21. The zero-order valence-corrected chi connectivity index (χ0v) is 16.2. The molecule has 0 aliphatic carbocycles. The van der Waals surface area contributed by atoms with Crippen LogP contribution in [0.15, 0.2) is 48.5 Å². The maximum atomic E-state index is 11.7. The topological polar surface area (TPSA) is 77.0 Å². The molecule has 146 valence electrons. The van der Waals surface area contributed by atoms with Gasteiger partial charge in [-0.05, 0) is 38.5 Å². The van der Waals surface area contributed by atoms with E-state index in [4.69, 9.17) is 14.2 Å². The first kappa shape index (κ1) is 20.6. The second-order valence-electron chi connectivity index (χ2n) is 7.08. The number of ether oxygens (including phenoxy) is 3. The number of amides is 1. The third-order valence-corrected chi connectivity index (χ3v) is 3.65. The fourth-order valence-corrected chi connectivity index (χ4v) is 2.40. The van der Waals surface area contributed by atoms with E-state index >= 15 is 0 Å². The number of carbonyl (C=O) groups excluding carboxylic acids is 1. The molecule has 0 saturated carbocycles. The minimum atomic E-state index is -0.935. The van der Waals surface area contributed by atoms with E-state index in [9.17, 15) is 9.90 Å². The molecule has 2 aromatic rings. The van der Waals surface area contributed by atoms with Crippen molar-refractivity contribution in [2.45, 2.75) is 39.1 Å². The first-order chi connectivity index (χ1) is 12.8. The number of benzene rings is 2. The van der Waals surface area contributed by atoms with Crippen molar-refractivity contribution < 1.29 is 24.1 Å². The Bertz CT molecular complexity index is 740. The standard InChI is InChI=1S/C21H27NO5/c1-21(2,3)27-20(24)22-13-18(23)17-11-10-16(12-19(17)25-4)26-14-15-8-6-5-7-9-15/h5-12,18,23H,13-14H2,1-4H3,(H,22,24)/t18-/m1/s1. The van der Waals surface area contributed by atoms with Crippen LogP contribution in [-0.4, -0.2) is 30.5 Å². The zero-order chi connectivity index (χ0) is 19.9. The van der Waals surface area contributed by atoms with E-state index in [1.54, 1.807) is 39.0 Å². The van der Waals surface area contributed by atoms with Gasteiger partial charge in [-0.1, -0.05) is 30.3 Å². The van der Waals surface area contributed by atoms with E-state index in [1.165, 1.54) is 7.11 Å². The molecule has 0 unspecified atom stereocenters. The molecule has 0 bridgehead atoms. The highest BCUT2D eigenvalue weighted by Crippen LogP contribution is 2.29. The van der Waals surface area contributed by atoms with Gasteiger partial charge in [-0.3, -0.25) is 0 Å². The SMILES string of the molecule is COc1cc(OCc2ccccc2)ccc1[C@H](O)CNC(=O)OC(C)(C)C. The largest absolute Gasteiger partial charge is 0.496 e. The Morgan fingerprint density at radius 3 is 2.48 bits per heavy atom. The quantitative estimate of drug-likeness (QED) is 0.771. The number of nitrogens with one attached hydrogen (secondary N) is 1. The molecule has 1 atom stereocenters. The summed E-state index contributed by atoms with van der Waals surface area (Å²) in [6, 6.07) is 15.0. The monoisotopic (exact) mass is 373 g/mol. The van der Waals surface area contributed by atoms with Crippen molar-refractivity contribution in [2.75, 3.05) is 13.7 Å². The van der Waals surface area contributed by atoms with Gasteiger partial charge in [-0.15, -0.1) is 0 Å². The van der Waals surface area contributed by atoms with E-state index in [2.05, 4.69) is 5.32 Å². The molecule has 27 heavy (non-hydrogen) atoms. The third kappa shape index (κ3) is 6.83. The molecule has 0 aliphatic rings. The van der Waals surface area contributed by atoms with Crippen molar-refractivity contribution in [1.82, 2.24) is 5.32 Å². The lowest BCUT2D eigenvalue weighted by molar-refractivity contribution is 0.0490. The molecule has 0 spiro atoms. The van der Waals surface area contributed by atoms with Gasteiger partial charge in [0.25, 0.3) is 0 Å². The molecule has 0 aromatic heterocycles. The second kappa shape index (κ2) is 9.28. The molecule has 2 N–H and O–H groups in total. The van der Waals surface area contributed by atoms with E-state index < -0.39 is 17.8 Å². The van der Waals surface area contributed by atoms with Gasteiger partial charge in [-0.25, -0.2) is 4.79 Å². The summed E-state index contributed by atoms with van der Waals surface area (Å²) in [5, 5.41) is 12.9. The Balaban J connectivity index is 1.97. The predicted molar refractivity (Wildman–Crippen MR) is 103 cm³/mol. The number of aliphatic hydroxyl groups excluding tert-OH is 1. The smallest absolute Gasteiger partial charge is 0.407 e. The van der Waals surface area contributed by atoms with Gasteiger partial charge in [0.15, 0.2) is 0 Å². The Labute approximate surface area is 160 Å². The summed E-state index contributed by atoms with van der Waals surface area (Å²) in [7, 11) is 1.52. The fraction of sp³-hybridized carbons (Fsp3) is 0.381. The number of rotatable bonds is 7. The van der Waals surface area contributed by atoms with Crippen molar-refractivity contribution >= 4 is 6.09 Å². The van der Waals surface area contributed by atoms with Crippen LogP contribution >= 0.6 is 0 Å². The Morgan fingerprint density at radius 1 is 1.15 bits per heavy atom. The summed E-state index contributed by atoms with van der Waals surface area (Å²) < 4.78 is 16.3. The highest BCUT2D eigenvalue weighted by atomic mass is 16.6. The highest BCUT2D eigenvalue weighted by Gasteiger charge is 2.19. The minimum absolute atomic E-state index is 0.00942. The zero-order valence-electron chi connectivity index (χ0n) is 16.2. The summed E-state index contributed by atoms with van der Waals surface area (Å²) in [5.74, 6) is 1.12. The molecule has 2 aromatic carbocycles. The minimum Gasteiger partial charge on any atom is -0.496 e. The molecule has 0 heterocycles. The molecule has 2 rings (SSSR count). The van der Waals surface area contributed by atoms with E-state index in [0.29, 0.717) is 23.7 Å². The summed E-state index contributed by atoms with van der Waals surface area (Å²) >= 11 is 0. The molecule has 0 saturated heterocycles. The highest BCUT2D eigenvalue weighted by molar-refractivity contribution is 5.67. The fourth-order valence-electron chi connectivity index (χ4n) is 2.40. The summed E-state index contributed by atoms with van der Waals surface area (Å²) in [5.41, 5.74) is 1.02. The third-order valence-electron chi connectivity index (χ3n) is 3.65. The van der Waals surface area contributed by atoms with E-state index in [-0.39, 0.29) is 6.54 Å². The van der Waals surface area contributed by atoms with Gasteiger partial charge in [0.05, 0.1) is 19.8 Å². The summed E-state index contributed by atoms with van der Waals surface area (Å²) in [4.78, 5) is 11.7. The molecular weight excluding hydrogens is 346 g/mol. The molecule has 6 heteroatoms. The van der Waals surface area contributed by atoms with Crippen molar-refractivity contribution in [3.63, 3.8) is 0 Å². The summed E-state index contributed by atoms with van der Waals surface area (Å²) in [6.45, 7) is 5.78. The van der Waals surface area contributed by atoms with Crippen LogP contribution in [0.5, 0.6) is 11.5 Å². The van der Waals surface area contributed by atoms with Gasteiger partial charge in [-0.2, -0.15) is 0 Å². The van der Waals surface area contributed by atoms with Crippen molar-refractivity contribution in [2.24, 2.45) is 0 Å². The number of carbonyl (C=O) groups is 1. The van der Waals surface area contributed by atoms with Crippen LogP contribution in [0.2, 0.25) is 0 Å². The number of alkyl carbamates (subject to hydrolysis) is 1. The second-order valence-corrected chi connectivity index (χ2v) is 7.08. The molecule has 6 nitrogen and oxygen atoms in total. The maximum absolute atomic E-state index is 11.7. The number of methoxy groups -OCH3 is 1. The van der Waals surface area contributed by atoms with Gasteiger partial charge in [0, 0.05) is 11.6 Å². The molecule has 0 radical (unpaired) electrons. The van der Waals surface area contributed by atoms with Crippen LogP contribution in [0.1, 0.15) is 38.0 Å². The number of aliphatic hydroxyl groups is 1. The number of hydrogen-bond acceptors (Lipinski definition) is 5. The number of hydrogen-bond donors (Lipinski definition) is 2. The van der Waals surface area contributed by atoms with Crippen molar-refractivity contribution in [1.29, 1.82) is 0 Å². The molecular formula is C21H27NO5. The molecule has 0 aliphatic heterocycles. The lowest BCUT2D eigenvalue weighted by atomic mass is 10.1. The summed E-state index contributed by atoms with van der Waals surface area (Å²) in [6.07, 6.45) is -1.51. The van der Waals surface area contributed by atoms with Crippen LogP contribution in [0.25, 0.3) is 0 Å². The van der Waals surface area contributed by atoms with Gasteiger partial charge < -0.3 is 24.6 Å². The first-order valence-electron chi connectivity index (χ1n) is 8.78. The van der Waals surface area contributed by atoms with E-state index in [0.717, 1.165) is 5.56 Å². The van der Waals surface area contributed by atoms with Crippen LogP contribution in [0, 0.1) is 0 Å². The molecule has 0 fully saturated rings. The van der Waals surface area contributed by atoms with Crippen molar-refractivity contribution in [3.05, 3.63) is 59.7 Å². The van der Waals surface area contributed by atoms with Gasteiger partial charge >= 0.3 is 6.09 Å². The van der Waals surface area contributed by atoms with Crippen molar-refractivity contribution in [3.8, 4) is 11.5 Å². The van der Waals surface area contributed by atoms with Crippen LogP contribution < -0.4 is 14.8 Å². The van der Waals surface area contributed by atoms with Crippen LogP contribution in [0.3, 0.4) is 0 Å². The first-order valence-corrected chi connectivity index (χ1v) is 8.78. The maximum Gasteiger partial charge on any atom is 0.407 e. The average molecular weight is 373 g/mol. The Hall–Kier alpha value is -2.73. The Kier molecular flexibility index (Phi) is 7.07. The average Bonchev–Trinajstić information content (AvgIpc) is 2.63. The van der Waals surface area contributed by atoms with Gasteiger partial charge in [0.2, 0.25) is 0 Å². The van der Waals surface area contributed by atoms with Gasteiger partial charge in [0.1, 0.15) is 23.7 Å². The lowest BCUT2D eigenvalue weighted by Crippen LogP contribution is -2.34. The normalized spacial score (nSPS) is 12.2. The Morgan fingerprint density at radius 2 is 1.85 bits per heavy atom.